The van der Waals surface area contributed by atoms with Crippen LogP contribution in [0.4, 0.5) is 5.69 Å². The predicted molar refractivity (Wildman–Crippen MR) is 142 cm³/mol. The van der Waals surface area contributed by atoms with Crippen LogP contribution in [0, 0.1) is 17.3 Å². The lowest BCUT2D eigenvalue weighted by atomic mass is 9.61. The number of anilines is 1. The highest BCUT2D eigenvalue weighted by atomic mass is 16.5. The molecule has 0 bridgehead atoms. The Bertz CT molecular complexity index is 1160. The highest BCUT2D eigenvalue weighted by Gasteiger charge is 2.59. The first kappa shape index (κ1) is 26.9. The van der Waals surface area contributed by atoms with Gasteiger partial charge in [0.05, 0.1) is 12.0 Å². The predicted octanol–water partition coefficient (Wildman–Crippen LogP) is 4.60. The number of carbonyl (C=O) groups is 3. The maximum atomic E-state index is 14.0. The third-order valence-electron chi connectivity index (χ3n) is 8.58. The van der Waals surface area contributed by atoms with Gasteiger partial charge in [-0.25, -0.2) is 0 Å². The van der Waals surface area contributed by atoms with E-state index in [1.54, 1.807) is 38.4 Å². The Morgan fingerprint density at radius 1 is 1.14 bits per heavy atom. The first-order valence-electron chi connectivity index (χ1n) is 13.3. The van der Waals surface area contributed by atoms with Crippen molar-refractivity contribution >= 4 is 23.5 Å². The number of ether oxygens (including phenoxy) is 1. The van der Waals surface area contributed by atoms with E-state index in [9.17, 15) is 14.4 Å². The van der Waals surface area contributed by atoms with Gasteiger partial charge in [-0.3, -0.25) is 19.1 Å². The SMILES string of the molecule is CCOC(=O)C(C)(C)c1ccc(NC(=O)[C@](C)(NC(=O)c2ccnn2C)C(C2CCC2)C2(C)CC2)cc1. The van der Waals surface area contributed by atoms with Crippen molar-refractivity contribution in [3.63, 3.8) is 0 Å². The summed E-state index contributed by atoms with van der Waals surface area (Å²) in [6, 6.07) is 8.94. The molecule has 2 aliphatic carbocycles. The second kappa shape index (κ2) is 9.95. The van der Waals surface area contributed by atoms with Crippen LogP contribution in [0.15, 0.2) is 36.5 Å². The summed E-state index contributed by atoms with van der Waals surface area (Å²) < 4.78 is 6.75. The molecule has 0 radical (unpaired) electrons. The summed E-state index contributed by atoms with van der Waals surface area (Å²) in [5, 5.41) is 10.3. The van der Waals surface area contributed by atoms with Gasteiger partial charge in [-0.15, -0.1) is 0 Å². The van der Waals surface area contributed by atoms with Gasteiger partial charge in [0.25, 0.3) is 5.91 Å². The number of rotatable bonds is 10. The Kier molecular flexibility index (Phi) is 7.23. The van der Waals surface area contributed by atoms with E-state index < -0.39 is 11.0 Å². The Hall–Kier alpha value is -3.16. The van der Waals surface area contributed by atoms with Gasteiger partial charge in [-0.1, -0.05) is 38.3 Å². The van der Waals surface area contributed by atoms with Crippen LogP contribution in [-0.4, -0.2) is 39.7 Å². The lowest BCUT2D eigenvalue weighted by molar-refractivity contribution is -0.148. The highest BCUT2D eigenvalue weighted by Crippen LogP contribution is 2.60. The summed E-state index contributed by atoms with van der Waals surface area (Å²) in [5.41, 5.74) is -0.0694. The summed E-state index contributed by atoms with van der Waals surface area (Å²) in [7, 11) is 1.72. The number of benzene rings is 1. The first-order chi connectivity index (χ1) is 17.4. The normalized spacial score (nSPS) is 19.2. The number of amides is 2. The number of hydrogen-bond acceptors (Lipinski definition) is 5. The molecular weight excluding hydrogens is 468 g/mol. The number of nitrogens with zero attached hydrogens (tertiary/aromatic N) is 2. The lowest BCUT2D eigenvalue weighted by Gasteiger charge is -2.48. The largest absolute Gasteiger partial charge is 0.465 e. The van der Waals surface area contributed by atoms with Crippen LogP contribution in [0.5, 0.6) is 0 Å². The molecule has 2 atom stereocenters. The molecule has 0 saturated heterocycles. The van der Waals surface area contributed by atoms with Gasteiger partial charge in [0, 0.05) is 18.9 Å². The summed E-state index contributed by atoms with van der Waals surface area (Å²) in [6.07, 6.45) is 6.98. The standard InChI is InChI=1S/C29H40N4O4/c1-7-37-26(36)27(2,3)20-11-13-21(14-12-20)31-25(35)29(5,32-24(34)22-15-18-30-33(22)6)23(19-9-8-10-19)28(4)16-17-28/h11-15,18-19,23H,7-10,16-17H2,1-6H3,(H,31,35)(H,32,34)/t23?,29-/m1/s1. The maximum Gasteiger partial charge on any atom is 0.315 e. The fourth-order valence-electron chi connectivity index (χ4n) is 5.85. The number of nitrogens with one attached hydrogen (secondary N) is 2. The van der Waals surface area contributed by atoms with Gasteiger partial charge < -0.3 is 15.4 Å². The van der Waals surface area contributed by atoms with Gasteiger partial charge >= 0.3 is 5.97 Å². The quantitative estimate of drug-likeness (QED) is 0.457. The molecule has 37 heavy (non-hydrogen) atoms. The number of aryl methyl sites for hydroxylation is 1. The van der Waals surface area contributed by atoms with Gasteiger partial charge in [0.1, 0.15) is 11.2 Å². The molecule has 2 aromatic rings. The molecule has 8 heteroatoms. The number of carbonyl (C=O) groups excluding carboxylic acids is 3. The molecule has 0 spiro atoms. The number of esters is 1. The fraction of sp³-hybridized carbons (Fsp3) is 0.586. The molecule has 2 N–H and O–H groups in total. The Morgan fingerprint density at radius 2 is 1.78 bits per heavy atom. The first-order valence-corrected chi connectivity index (χ1v) is 13.3. The van der Waals surface area contributed by atoms with Gasteiger partial charge in [-0.2, -0.15) is 5.10 Å². The van der Waals surface area contributed by atoms with Crippen LogP contribution in [0.25, 0.3) is 0 Å². The van der Waals surface area contributed by atoms with Crippen LogP contribution in [0.2, 0.25) is 0 Å². The molecule has 8 nitrogen and oxygen atoms in total. The fourth-order valence-corrected chi connectivity index (χ4v) is 5.85. The second-order valence-corrected chi connectivity index (χ2v) is 11.7. The molecule has 4 rings (SSSR count). The van der Waals surface area contributed by atoms with Crippen LogP contribution < -0.4 is 10.6 Å². The van der Waals surface area contributed by atoms with Crippen molar-refractivity contribution in [1.29, 1.82) is 0 Å². The number of hydrogen-bond donors (Lipinski definition) is 2. The van der Waals surface area contributed by atoms with Crippen molar-refractivity contribution in [1.82, 2.24) is 15.1 Å². The minimum Gasteiger partial charge on any atom is -0.465 e. The smallest absolute Gasteiger partial charge is 0.315 e. The molecule has 1 aromatic carbocycles. The van der Waals surface area contributed by atoms with E-state index in [0.29, 0.717) is 23.9 Å². The van der Waals surface area contributed by atoms with Crippen molar-refractivity contribution in [3.8, 4) is 0 Å². The van der Waals surface area contributed by atoms with Crippen molar-refractivity contribution in [3.05, 3.63) is 47.8 Å². The monoisotopic (exact) mass is 508 g/mol. The van der Waals surface area contributed by atoms with E-state index in [2.05, 4.69) is 22.7 Å². The van der Waals surface area contributed by atoms with Crippen LogP contribution in [0.3, 0.4) is 0 Å². The summed E-state index contributed by atoms with van der Waals surface area (Å²) in [6.45, 7) is 9.87. The van der Waals surface area contributed by atoms with E-state index in [-0.39, 0.29) is 29.1 Å². The average Bonchev–Trinajstić information content (AvgIpc) is 3.41. The third-order valence-corrected chi connectivity index (χ3v) is 8.58. The highest BCUT2D eigenvalue weighted by molar-refractivity contribution is 6.03. The molecule has 1 heterocycles. The van der Waals surface area contributed by atoms with Crippen LogP contribution >= 0.6 is 0 Å². The Balaban J connectivity index is 1.61. The van der Waals surface area contributed by atoms with Crippen LogP contribution in [0.1, 0.15) is 82.8 Å². The lowest BCUT2D eigenvalue weighted by Crippen LogP contribution is -2.63. The summed E-state index contributed by atoms with van der Waals surface area (Å²) in [5.74, 6) is -0.419. The molecule has 2 saturated carbocycles. The van der Waals surface area contributed by atoms with Gasteiger partial charge in [-0.05, 0) is 81.5 Å². The topological polar surface area (TPSA) is 102 Å². The molecule has 200 valence electrons. The zero-order valence-corrected chi connectivity index (χ0v) is 22.9. The Labute approximate surface area is 219 Å². The molecule has 1 unspecified atom stereocenters. The molecular formula is C29H40N4O4. The van der Waals surface area contributed by atoms with E-state index in [1.165, 1.54) is 4.68 Å². The van der Waals surface area contributed by atoms with Gasteiger partial charge in [0.2, 0.25) is 5.91 Å². The third kappa shape index (κ3) is 5.15. The van der Waals surface area contributed by atoms with E-state index in [4.69, 9.17) is 4.74 Å². The zero-order valence-electron chi connectivity index (χ0n) is 22.9. The van der Waals surface area contributed by atoms with E-state index in [1.807, 2.05) is 32.9 Å². The second-order valence-electron chi connectivity index (χ2n) is 11.7. The molecule has 2 amide bonds. The van der Waals surface area contributed by atoms with Crippen LogP contribution in [-0.2, 0) is 26.8 Å². The molecule has 1 aromatic heterocycles. The van der Waals surface area contributed by atoms with E-state index in [0.717, 1.165) is 37.7 Å². The minimum absolute atomic E-state index is 0.0183. The van der Waals surface area contributed by atoms with Crippen molar-refractivity contribution in [2.75, 3.05) is 11.9 Å². The number of aromatic nitrogens is 2. The minimum atomic E-state index is -1.11. The summed E-state index contributed by atoms with van der Waals surface area (Å²) >= 11 is 0. The van der Waals surface area contributed by atoms with Crippen molar-refractivity contribution in [2.45, 2.75) is 77.7 Å². The van der Waals surface area contributed by atoms with Crippen molar-refractivity contribution in [2.24, 2.45) is 24.3 Å². The Morgan fingerprint density at radius 3 is 2.27 bits per heavy atom. The van der Waals surface area contributed by atoms with Crippen molar-refractivity contribution < 1.29 is 19.1 Å². The molecule has 2 fully saturated rings. The maximum absolute atomic E-state index is 14.0. The molecule has 2 aliphatic rings. The van der Waals surface area contributed by atoms with Gasteiger partial charge in [0.15, 0.2) is 0 Å². The zero-order chi connectivity index (χ0) is 27.0. The average molecular weight is 509 g/mol. The summed E-state index contributed by atoms with van der Waals surface area (Å²) in [4.78, 5) is 39.8. The molecule has 0 aliphatic heterocycles. The van der Waals surface area contributed by atoms with E-state index >= 15 is 0 Å².